The van der Waals surface area contributed by atoms with E-state index in [9.17, 15) is 19.8 Å². The molecule has 3 saturated carbocycles. The summed E-state index contributed by atoms with van der Waals surface area (Å²) in [4.78, 5) is 28.2. The second-order valence-corrected chi connectivity index (χ2v) is 14.8. The standard InChI is InChI=1S/C35H39NO6S/c1-32-15-14-23(38)16-21(32)6-13-26-27-17-30-35(29(40)19-37,33(27,2)18-28(39)31(26)32)42-34(3,41-30)20-4-9-24(10-5-20)43-25-11-7-22(36)8-12-25/h4-5,7-12,14-16,26-28,30-31,37,39H,6,13,17-19,36H2,1-3H3/t26-,27-,28-,30+,31+,32-,33-,34-,35+/m0/s1. The van der Waals surface area contributed by atoms with Crippen LogP contribution in [-0.4, -0.2) is 46.2 Å². The van der Waals surface area contributed by atoms with Crippen LogP contribution in [0.15, 0.2) is 82.1 Å². The van der Waals surface area contributed by atoms with Gasteiger partial charge in [0.15, 0.2) is 23.0 Å². The van der Waals surface area contributed by atoms with Crippen LogP contribution in [-0.2, 0) is 24.8 Å². The highest BCUT2D eigenvalue weighted by molar-refractivity contribution is 7.99. The number of benzene rings is 2. The van der Waals surface area contributed by atoms with E-state index in [0.29, 0.717) is 12.8 Å². The highest BCUT2D eigenvalue weighted by atomic mass is 32.2. The third kappa shape index (κ3) is 4.10. The summed E-state index contributed by atoms with van der Waals surface area (Å²) in [5.41, 5.74) is 5.88. The van der Waals surface area contributed by atoms with E-state index in [0.717, 1.165) is 39.5 Å². The van der Waals surface area contributed by atoms with Crippen LogP contribution < -0.4 is 5.73 Å². The van der Waals surface area contributed by atoms with Crippen molar-refractivity contribution in [3.63, 3.8) is 0 Å². The molecule has 7 rings (SSSR count). The lowest BCUT2D eigenvalue weighted by molar-refractivity contribution is -0.237. The van der Waals surface area contributed by atoms with Crippen LogP contribution >= 0.6 is 11.8 Å². The molecule has 1 heterocycles. The maximum absolute atomic E-state index is 13.9. The van der Waals surface area contributed by atoms with Crippen LogP contribution in [0.1, 0.15) is 52.0 Å². The number of allylic oxidation sites excluding steroid dienone is 4. The average molecular weight is 602 g/mol. The molecule has 4 N–H and O–H groups in total. The molecule has 226 valence electrons. The summed E-state index contributed by atoms with van der Waals surface area (Å²) in [5.74, 6) is -1.50. The monoisotopic (exact) mass is 601 g/mol. The van der Waals surface area contributed by atoms with E-state index in [1.807, 2.05) is 61.5 Å². The second kappa shape index (κ2) is 9.88. The van der Waals surface area contributed by atoms with Crippen LogP contribution in [0.2, 0.25) is 0 Å². The summed E-state index contributed by atoms with van der Waals surface area (Å²) in [6.45, 7) is 5.38. The molecule has 0 bridgehead atoms. The Morgan fingerprint density at radius 3 is 2.42 bits per heavy atom. The zero-order valence-corrected chi connectivity index (χ0v) is 25.6. The van der Waals surface area contributed by atoms with Gasteiger partial charge in [0.25, 0.3) is 0 Å². The van der Waals surface area contributed by atoms with E-state index in [-0.39, 0.29) is 23.5 Å². The van der Waals surface area contributed by atoms with Gasteiger partial charge in [-0.05, 0) is 93.0 Å². The second-order valence-electron chi connectivity index (χ2n) is 13.6. The fraction of sp³-hybridized carbons (Fsp3) is 0.486. The van der Waals surface area contributed by atoms with E-state index in [1.54, 1.807) is 23.9 Å². The number of rotatable bonds is 5. The highest BCUT2D eigenvalue weighted by Crippen LogP contribution is 2.71. The number of Topliss-reactive ketones (excluding diaryl/α,β-unsaturated/α-hetero) is 1. The summed E-state index contributed by atoms with van der Waals surface area (Å²) in [6.07, 6.45) is 6.64. The SMILES string of the molecule is C[C@]1(c2ccc(Sc3ccc(N)cc3)cc2)O[C@@H]2C[C@H]3[C@@H]4CCC5=CC(=O)C=C[C@]5(C)[C@H]4[C@@H](O)C[C@]3(C)[C@]2(C(=O)CO)O1. The van der Waals surface area contributed by atoms with Crippen molar-refractivity contribution in [2.24, 2.45) is 28.6 Å². The quantitative estimate of drug-likeness (QED) is 0.401. The van der Waals surface area contributed by atoms with Crippen molar-refractivity contribution in [1.82, 2.24) is 0 Å². The van der Waals surface area contributed by atoms with Crippen LogP contribution in [0.4, 0.5) is 5.69 Å². The van der Waals surface area contributed by atoms with Crippen molar-refractivity contribution < 1.29 is 29.3 Å². The molecule has 7 nitrogen and oxygen atoms in total. The molecule has 0 radical (unpaired) electrons. The maximum atomic E-state index is 13.9. The first-order valence-electron chi connectivity index (χ1n) is 15.2. The smallest absolute Gasteiger partial charge is 0.193 e. The van der Waals surface area contributed by atoms with E-state index >= 15 is 0 Å². The molecule has 2 aromatic carbocycles. The number of ketones is 2. The van der Waals surface area contributed by atoms with Crippen LogP contribution in [0.25, 0.3) is 0 Å². The average Bonchev–Trinajstić information content (AvgIpc) is 3.42. The van der Waals surface area contributed by atoms with Crippen LogP contribution in [0, 0.1) is 28.6 Å². The van der Waals surface area contributed by atoms with Gasteiger partial charge in [-0.1, -0.05) is 49.4 Å². The molecule has 0 aromatic heterocycles. The lowest BCUT2D eigenvalue weighted by Crippen LogP contribution is -2.63. The Balaban J connectivity index is 1.20. The zero-order chi connectivity index (χ0) is 30.4. The Hall–Kier alpha value is -2.75. The van der Waals surface area contributed by atoms with E-state index in [1.165, 1.54) is 0 Å². The molecule has 0 unspecified atom stereocenters. The number of aliphatic hydroxyl groups is 2. The summed E-state index contributed by atoms with van der Waals surface area (Å²) >= 11 is 1.62. The molecule has 0 spiro atoms. The zero-order valence-electron chi connectivity index (χ0n) is 24.8. The van der Waals surface area contributed by atoms with E-state index < -0.39 is 46.8 Å². The van der Waals surface area contributed by atoms with Crippen molar-refractivity contribution >= 4 is 29.0 Å². The maximum Gasteiger partial charge on any atom is 0.193 e. The number of hydrogen-bond donors (Lipinski definition) is 3. The molecule has 0 amide bonds. The van der Waals surface area contributed by atoms with Crippen molar-refractivity contribution in [3.05, 3.63) is 77.9 Å². The predicted octanol–water partition coefficient (Wildman–Crippen LogP) is 5.20. The van der Waals surface area contributed by atoms with Gasteiger partial charge < -0.3 is 25.4 Å². The normalized spacial score (nSPS) is 41.2. The summed E-state index contributed by atoms with van der Waals surface area (Å²) in [7, 11) is 0. The molecule has 9 atom stereocenters. The number of nitrogen functional groups attached to an aromatic ring is 1. The van der Waals surface area contributed by atoms with Crippen molar-refractivity contribution in [2.75, 3.05) is 12.3 Å². The molecule has 1 aliphatic heterocycles. The number of carbonyl (C=O) groups is 2. The molecule has 2 aromatic rings. The van der Waals surface area contributed by atoms with E-state index in [4.69, 9.17) is 15.2 Å². The minimum atomic E-state index is -1.39. The fourth-order valence-corrected chi connectivity index (χ4v) is 10.3. The number of fused-ring (bicyclic) bond motifs is 7. The Morgan fingerprint density at radius 1 is 1.07 bits per heavy atom. The number of nitrogens with two attached hydrogens (primary N) is 1. The molecule has 8 heteroatoms. The largest absolute Gasteiger partial charge is 0.399 e. The number of hydrogen-bond acceptors (Lipinski definition) is 8. The molecule has 43 heavy (non-hydrogen) atoms. The Morgan fingerprint density at radius 2 is 1.74 bits per heavy atom. The summed E-state index contributed by atoms with van der Waals surface area (Å²) in [5, 5.41) is 22.2. The van der Waals surface area contributed by atoms with Gasteiger partial charge in [0, 0.05) is 37.8 Å². The lowest BCUT2D eigenvalue weighted by Gasteiger charge is -2.60. The molecule has 1 saturated heterocycles. The number of carbonyl (C=O) groups excluding carboxylic acids is 2. The third-order valence-electron chi connectivity index (χ3n) is 11.4. The first-order chi connectivity index (χ1) is 20.4. The van der Waals surface area contributed by atoms with Gasteiger partial charge >= 0.3 is 0 Å². The molecular weight excluding hydrogens is 562 g/mol. The first kappa shape index (κ1) is 29.0. The molecule has 4 aliphatic carbocycles. The van der Waals surface area contributed by atoms with E-state index in [2.05, 4.69) is 13.8 Å². The number of anilines is 1. The lowest BCUT2D eigenvalue weighted by atomic mass is 9.46. The first-order valence-corrected chi connectivity index (χ1v) is 16.0. The summed E-state index contributed by atoms with van der Waals surface area (Å²) in [6, 6.07) is 15.7. The number of ether oxygens (including phenoxy) is 2. The highest BCUT2D eigenvalue weighted by Gasteiger charge is 2.77. The van der Waals surface area contributed by atoms with Gasteiger partial charge in [-0.25, -0.2) is 0 Å². The van der Waals surface area contributed by atoms with Gasteiger partial charge in [-0.2, -0.15) is 0 Å². The third-order valence-corrected chi connectivity index (χ3v) is 12.4. The van der Waals surface area contributed by atoms with Crippen molar-refractivity contribution in [2.45, 2.75) is 79.8 Å². The Kier molecular flexibility index (Phi) is 6.66. The topological polar surface area (TPSA) is 119 Å². The number of aliphatic hydroxyl groups excluding tert-OH is 2. The molecular formula is C35H39NO6S. The fourth-order valence-electron chi connectivity index (χ4n) is 9.51. The van der Waals surface area contributed by atoms with Crippen molar-refractivity contribution in [1.29, 1.82) is 0 Å². The predicted molar refractivity (Wildman–Crippen MR) is 163 cm³/mol. The van der Waals surface area contributed by atoms with Crippen molar-refractivity contribution in [3.8, 4) is 0 Å². The minimum absolute atomic E-state index is 0.00178. The van der Waals surface area contributed by atoms with Gasteiger partial charge in [0.05, 0.1) is 12.2 Å². The Labute approximate surface area is 256 Å². The van der Waals surface area contributed by atoms with Gasteiger partial charge in [0.1, 0.15) is 6.61 Å². The van der Waals surface area contributed by atoms with Gasteiger partial charge in [-0.15, -0.1) is 0 Å². The molecule has 4 fully saturated rings. The molecule has 5 aliphatic rings. The Bertz CT molecular complexity index is 1540. The minimum Gasteiger partial charge on any atom is -0.399 e. The van der Waals surface area contributed by atoms with Crippen LogP contribution in [0.5, 0.6) is 0 Å². The van der Waals surface area contributed by atoms with Gasteiger partial charge in [-0.3, -0.25) is 9.59 Å². The summed E-state index contributed by atoms with van der Waals surface area (Å²) < 4.78 is 13.6. The van der Waals surface area contributed by atoms with Crippen LogP contribution in [0.3, 0.4) is 0 Å². The van der Waals surface area contributed by atoms with Gasteiger partial charge in [0.2, 0.25) is 0 Å².